The van der Waals surface area contributed by atoms with Gasteiger partial charge in [-0.15, -0.1) is 11.6 Å². The van der Waals surface area contributed by atoms with Crippen LogP contribution in [0.4, 0.5) is 0 Å². The Morgan fingerprint density at radius 2 is 1.73 bits per heavy atom. The molecule has 0 atom stereocenters. The van der Waals surface area contributed by atoms with E-state index >= 15 is 0 Å². The summed E-state index contributed by atoms with van der Waals surface area (Å²) in [5.74, 6) is -0.107. The summed E-state index contributed by atoms with van der Waals surface area (Å²) < 4.78 is 10.7. The van der Waals surface area contributed by atoms with Gasteiger partial charge in [0, 0.05) is 11.0 Å². The molecule has 0 aliphatic rings. The summed E-state index contributed by atoms with van der Waals surface area (Å²) in [6.45, 7) is 3.32. The Morgan fingerprint density at radius 1 is 1.36 bits per heavy atom. The lowest BCUT2D eigenvalue weighted by Gasteiger charge is -2.48. The summed E-state index contributed by atoms with van der Waals surface area (Å²) in [6.07, 6.45) is 0.578. The van der Waals surface area contributed by atoms with Crippen molar-refractivity contribution in [1.29, 1.82) is 0 Å². The molecule has 0 unspecified atom stereocenters. The van der Waals surface area contributed by atoms with E-state index in [9.17, 15) is 14.4 Å². The zero-order valence-electron chi connectivity index (χ0n) is 6.67. The number of alkyl halides is 1. The molecule has 0 saturated heterocycles. The maximum atomic E-state index is 10.7. The van der Waals surface area contributed by atoms with E-state index in [0.717, 1.165) is 0 Å². The summed E-state index contributed by atoms with van der Waals surface area (Å²) in [6, 6.07) is 0. The maximum Gasteiger partial charge on any atom is 0.0325 e. The van der Waals surface area contributed by atoms with E-state index in [-0.39, 0.29) is 18.7 Å². The first-order chi connectivity index (χ1) is 4.93. The zero-order valence-corrected chi connectivity index (χ0v) is 8.32. The molecule has 0 fully saturated rings. The van der Waals surface area contributed by atoms with Gasteiger partial charge in [0.1, 0.15) is 0 Å². The summed E-state index contributed by atoms with van der Waals surface area (Å²) in [4.78, 5) is 21.5. The topological polar surface area (TPSA) is 63.2 Å². The molecule has 68 valence electrons. The first kappa shape index (κ1) is 11.4. The van der Waals surface area contributed by atoms with Gasteiger partial charge >= 0.3 is 0 Å². The summed E-state index contributed by atoms with van der Waals surface area (Å²) in [7, 11) is -4.54. The maximum absolute atomic E-state index is 10.7. The van der Waals surface area contributed by atoms with Crippen LogP contribution in [0.15, 0.2) is 0 Å². The van der Waals surface area contributed by atoms with E-state index in [1.54, 1.807) is 13.8 Å². The van der Waals surface area contributed by atoms with Crippen molar-refractivity contribution in [3.63, 3.8) is 0 Å². The van der Waals surface area contributed by atoms with Crippen molar-refractivity contribution in [3.8, 4) is 0 Å². The van der Waals surface area contributed by atoms with Crippen LogP contribution in [-0.4, -0.2) is 11.0 Å². The largest absolute Gasteiger partial charge is 0.810 e. The van der Waals surface area contributed by atoms with E-state index in [0.29, 0.717) is 0 Å². The lowest BCUT2D eigenvalue weighted by atomic mass is 10.1. The molecule has 0 aromatic heterocycles. The Kier molecular flexibility index (Phi) is 4.06. The second-order valence-corrected chi connectivity index (χ2v) is 4.77. The molecule has 0 aromatic carbocycles. The van der Waals surface area contributed by atoms with Gasteiger partial charge in [0.2, 0.25) is 0 Å². The Morgan fingerprint density at radius 3 is 1.73 bits per heavy atom. The molecule has 0 amide bonds. The highest BCUT2D eigenvalue weighted by atomic mass is 35.5. The van der Waals surface area contributed by atoms with Crippen LogP contribution in [0.1, 0.15) is 26.7 Å². The van der Waals surface area contributed by atoms with E-state index < -0.39 is 12.8 Å². The van der Waals surface area contributed by atoms with E-state index in [1.807, 2.05) is 0 Å². The van der Waals surface area contributed by atoms with Gasteiger partial charge in [-0.1, -0.05) is 21.4 Å². The predicted molar refractivity (Wildman–Crippen MR) is 41.6 cm³/mol. The molecule has 0 aliphatic carbocycles. The van der Waals surface area contributed by atoms with Crippen LogP contribution in [0.5, 0.6) is 0 Å². The Balaban J connectivity index is 4.70. The molecule has 5 heteroatoms. The van der Waals surface area contributed by atoms with Crippen molar-refractivity contribution >= 4 is 19.2 Å². The fraction of sp³-hybridized carbons (Fsp3) is 1.00. The monoisotopic (exact) mass is 198 g/mol. The molecular formula is C6H12ClO3P-2. The number of hydrogen-bond acceptors (Lipinski definition) is 3. The van der Waals surface area contributed by atoms with Gasteiger partial charge in [0.05, 0.1) is 0 Å². The highest BCUT2D eigenvalue weighted by Crippen LogP contribution is 2.48. The van der Waals surface area contributed by atoms with Crippen molar-refractivity contribution in [2.45, 2.75) is 31.8 Å². The summed E-state index contributed by atoms with van der Waals surface area (Å²) in [5.41, 5.74) is 0. The van der Waals surface area contributed by atoms with Crippen LogP contribution in [0.3, 0.4) is 0 Å². The normalized spacial score (nSPS) is 13.5. The number of rotatable bonds is 4. The molecular weight excluding hydrogens is 186 g/mol. The lowest BCUT2D eigenvalue weighted by Crippen LogP contribution is -2.39. The first-order valence-corrected chi connectivity index (χ1v) is 5.59. The van der Waals surface area contributed by atoms with Crippen LogP contribution >= 0.6 is 19.2 Å². The first-order valence-electron chi connectivity index (χ1n) is 3.51. The minimum absolute atomic E-state index is 0.107. The minimum Gasteiger partial charge on any atom is -0.810 e. The average molecular weight is 199 g/mol. The third-order valence-corrected chi connectivity index (χ3v) is 4.80. The van der Waals surface area contributed by atoms with Crippen LogP contribution in [0, 0.1) is 0 Å². The van der Waals surface area contributed by atoms with Crippen molar-refractivity contribution in [3.05, 3.63) is 0 Å². The van der Waals surface area contributed by atoms with Gasteiger partial charge in [0.15, 0.2) is 0 Å². The van der Waals surface area contributed by atoms with Gasteiger partial charge in [-0.05, 0) is 12.8 Å². The van der Waals surface area contributed by atoms with Crippen LogP contribution < -0.4 is 9.79 Å². The highest BCUT2D eigenvalue weighted by Gasteiger charge is 2.28. The second-order valence-electron chi connectivity index (χ2n) is 2.56. The average Bonchev–Trinajstić information content (AvgIpc) is 1.90. The third-order valence-electron chi connectivity index (χ3n) is 2.15. The number of halogens is 1. The predicted octanol–water partition coefficient (Wildman–Crippen LogP) is 0.698. The summed E-state index contributed by atoms with van der Waals surface area (Å²) >= 11 is 5.44. The van der Waals surface area contributed by atoms with Crippen LogP contribution in [0.2, 0.25) is 0 Å². The Hall–Kier alpha value is 0.440. The molecule has 0 heterocycles. The van der Waals surface area contributed by atoms with Crippen molar-refractivity contribution in [2.24, 2.45) is 0 Å². The SMILES string of the molecule is CCC(CC)(CCl)P(=O)([O-])[O-]. The standard InChI is InChI=1S/C6H14ClO3P/c1-3-6(4-2,5-7)11(8,9)10/h3-5H2,1-2H3,(H2,8,9,10)/p-2. The third kappa shape index (κ3) is 2.19. The molecule has 0 bridgehead atoms. The Labute approximate surface area is 71.9 Å². The van der Waals surface area contributed by atoms with Gasteiger partial charge in [-0.25, -0.2) is 0 Å². The molecule has 0 saturated carbocycles. The molecule has 0 N–H and O–H groups in total. The van der Waals surface area contributed by atoms with E-state index in [4.69, 9.17) is 11.6 Å². The second kappa shape index (κ2) is 3.90. The molecule has 3 nitrogen and oxygen atoms in total. The fourth-order valence-corrected chi connectivity index (χ4v) is 2.64. The zero-order chi connectivity index (χ0) is 9.12. The number of hydrogen-bond donors (Lipinski definition) is 0. The minimum atomic E-state index is -4.54. The van der Waals surface area contributed by atoms with E-state index in [1.165, 1.54) is 0 Å². The van der Waals surface area contributed by atoms with Crippen LogP contribution in [0.25, 0.3) is 0 Å². The lowest BCUT2D eigenvalue weighted by molar-refractivity contribution is -0.320. The van der Waals surface area contributed by atoms with Crippen molar-refractivity contribution < 1.29 is 14.4 Å². The molecule has 11 heavy (non-hydrogen) atoms. The highest BCUT2D eigenvalue weighted by molar-refractivity contribution is 7.50. The molecule has 0 aromatic rings. The Bertz CT molecular complexity index is 153. The molecule has 0 rings (SSSR count). The van der Waals surface area contributed by atoms with Crippen molar-refractivity contribution in [1.82, 2.24) is 0 Å². The molecule has 0 radical (unpaired) electrons. The van der Waals surface area contributed by atoms with Crippen LogP contribution in [-0.2, 0) is 4.57 Å². The van der Waals surface area contributed by atoms with Gasteiger partial charge in [-0.3, -0.25) is 0 Å². The van der Waals surface area contributed by atoms with Gasteiger partial charge in [0.25, 0.3) is 0 Å². The molecule has 0 spiro atoms. The summed E-state index contributed by atoms with van der Waals surface area (Å²) in [5, 5.41) is -1.23. The fourth-order valence-electron chi connectivity index (χ4n) is 0.899. The van der Waals surface area contributed by atoms with Gasteiger partial charge in [-0.2, -0.15) is 0 Å². The van der Waals surface area contributed by atoms with Gasteiger partial charge < -0.3 is 14.4 Å². The van der Waals surface area contributed by atoms with E-state index in [2.05, 4.69) is 0 Å². The molecule has 0 aliphatic heterocycles. The van der Waals surface area contributed by atoms with Crippen molar-refractivity contribution in [2.75, 3.05) is 5.88 Å². The quantitative estimate of drug-likeness (QED) is 0.493. The smallest absolute Gasteiger partial charge is 0.0325 e.